The van der Waals surface area contributed by atoms with Gasteiger partial charge in [-0.25, -0.2) is 4.39 Å². The van der Waals surface area contributed by atoms with Crippen LogP contribution in [0.5, 0.6) is 0 Å². The van der Waals surface area contributed by atoms with E-state index in [2.05, 4.69) is 39.6 Å². The zero-order chi connectivity index (χ0) is 22.1. The van der Waals surface area contributed by atoms with Crippen molar-refractivity contribution in [3.8, 4) is 11.5 Å². The first-order valence-electron chi connectivity index (χ1n) is 10.6. The lowest BCUT2D eigenvalue weighted by molar-refractivity contribution is 0.102. The third kappa shape index (κ3) is 6.36. The van der Waals surface area contributed by atoms with Gasteiger partial charge >= 0.3 is 6.01 Å². The molecule has 164 valence electrons. The van der Waals surface area contributed by atoms with Crippen LogP contribution in [0.2, 0.25) is 0 Å². The number of nitrogens with zero attached hydrogens (tertiary/aromatic N) is 3. The van der Waals surface area contributed by atoms with Gasteiger partial charge in [0.1, 0.15) is 5.82 Å². The van der Waals surface area contributed by atoms with Gasteiger partial charge in [-0.1, -0.05) is 37.1 Å². The molecule has 0 saturated heterocycles. The molecule has 1 aromatic heterocycles. The molecule has 0 radical (unpaired) electrons. The third-order valence-corrected chi connectivity index (χ3v) is 4.99. The largest absolute Gasteiger partial charge is 0.403 e. The lowest BCUT2D eigenvalue weighted by Gasteiger charge is -2.17. The summed E-state index contributed by atoms with van der Waals surface area (Å²) in [6.45, 7) is 8.18. The van der Waals surface area contributed by atoms with Crippen molar-refractivity contribution in [2.45, 2.75) is 26.7 Å². The summed E-state index contributed by atoms with van der Waals surface area (Å²) in [4.78, 5) is 14.6. The SMILES string of the molecule is CCN(CC)CCCCNc1nnc(-c2ccc(NC(=O)c3ccccc3)cc2F)o1. The van der Waals surface area contributed by atoms with Gasteiger partial charge in [-0.05, 0) is 62.8 Å². The highest BCUT2D eigenvalue weighted by Gasteiger charge is 2.14. The Hall–Kier alpha value is -3.26. The fraction of sp³-hybridized carbons (Fsp3) is 0.348. The van der Waals surface area contributed by atoms with E-state index in [0.717, 1.165) is 32.5 Å². The van der Waals surface area contributed by atoms with Gasteiger partial charge in [0.15, 0.2) is 0 Å². The van der Waals surface area contributed by atoms with Crippen molar-refractivity contribution in [3.63, 3.8) is 0 Å². The third-order valence-electron chi connectivity index (χ3n) is 4.99. The minimum atomic E-state index is -0.555. The van der Waals surface area contributed by atoms with E-state index in [-0.39, 0.29) is 23.4 Å². The molecule has 1 amide bonds. The highest BCUT2D eigenvalue weighted by atomic mass is 19.1. The standard InChI is InChI=1S/C23H28FN5O2/c1-3-29(4-2)15-9-8-14-25-23-28-27-22(31-23)19-13-12-18(16-20(19)24)26-21(30)17-10-6-5-7-11-17/h5-7,10-13,16H,3-4,8-9,14-15H2,1-2H3,(H,25,28)(H,26,30). The molecule has 31 heavy (non-hydrogen) atoms. The fourth-order valence-electron chi connectivity index (χ4n) is 3.16. The Bertz CT molecular complexity index is 973. The van der Waals surface area contributed by atoms with Crippen LogP contribution < -0.4 is 10.6 Å². The first-order valence-corrected chi connectivity index (χ1v) is 10.6. The predicted molar refractivity (Wildman–Crippen MR) is 120 cm³/mol. The monoisotopic (exact) mass is 425 g/mol. The molecule has 0 fully saturated rings. The number of anilines is 2. The summed E-state index contributed by atoms with van der Waals surface area (Å²) in [5, 5.41) is 13.6. The maximum absolute atomic E-state index is 14.6. The van der Waals surface area contributed by atoms with E-state index in [1.807, 2.05) is 6.07 Å². The molecule has 3 rings (SSSR count). The Kier molecular flexibility index (Phi) is 8.12. The summed E-state index contributed by atoms with van der Waals surface area (Å²) in [6.07, 6.45) is 2.04. The predicted octanol–water partition coefficient (Wildman–Crippen LogP) is 4.66. The molecule has 1 heterocycles. The van der Waals surface area contributed by atoms with Crippen LogP contribution in [0.1, 0.15) is 37.0 Å². The number of rotatable bonds is 11. The van der Waals surface area contributed by atoms with E-state index in [1.54, 1.807) is 30.3 Å². The topological polar surface area (TPSA) is 83.3 Å². The molecule has 7 nitrogen and oxygen atoms in total. The lowest BCUT2D eigenvalue weighted by atomic mass is 10.1. The van der Waals surface area contributed by atoms with Gasteiger partial charge in [-0.15, -0.1) is 5.10 Å². The molecular weight excluding hydrogens is 397 g/mol. The van der Waals surface area contributed by atoms with E-state index in [4.69, 9.17) is 4.42 Å². The van der Waals surface area contributed by atoms with Gasteiger partial charge in [0.2, 0.25) is 0 Å². The van der Waals surface area contributed by atoms with E-state index >= 15 is 0 Å². The number of carbonyl (C=O) groups excluding carboxylic acids is 1. The second-order valence-corrected chi connectivity index (χ2v) is 7.09. The molecule has 0 saturated carbocycles. The van der Waals surface area contributed by atoms with Crippen molar-refractivity contribution in [2.75, 3.05) is 36.8 Å². The van der Waals surface area contributed by atoms with Gasteiger partial charge < -0.3 is 20.0 Å². The molecule has 2 N–H and O–H groups in total. The fourth-order valence-corrected chi connectivity index (χ4v) is 3.16. The quantitative estimate of drug-likeness (QED) is 0.435. The van der Waals surface area contributed by atoms with E-state index in [1.165, 1.54) is 12.1 Å². The maximum Gasteiger partial charge on any atom is 0.315 e. The Labute approximate surface area is 181 Å². The number of carbonyl (C=O) groups is 1. The lowest BCUT2D eigenvalue weighted by Crippen LogP contribution is -2.24. The average Bonchev–Trinajstić information content (AvgIpc) is 3.25. The highest BCUT2D eigenvalue weighted by molar-refractivity contribution is 6.04. The zero-order valence-corrected chi connectivity index (χ0v) is 17.9. The Balaban J connectivity index is 1.54. The van der Waals surface area contributed by atoms with Crippen molar-refractivity contribution < 1.29 is 13.6 Å². The first kappa shape index (κ1) is 22.4. The van der Waals surface area contributed by atoms with Gasteiger partial charge in [0.05, 0.1) is 5.56 Å². The first-order chi connectivity index (χ1) is 15.1. The molecule has 2 aromatic carbocycles. The molecule has 0 aliphatic carbocycles. The van der Waals surface area contributed by atoms with Crippen LogP contribution in [0.3, 0.4) is 0 Å². The number of hydrogen-bond donors (Lipinski definition) is 2. The number of aromatic nitrogens is 2. The molecule has 0 atom stereocenters. The Morgan fingerprint density at radius 3 is 2.55 bits per heavy atom. The van der Waals surface area contributed by atoms with Crippen LogP contribution in [0.4, 0.5) is 16.1 Å². The van der Waals surface area contributed by atoms with Crippen LogP contribution in [0.15, 0.2) is 52.9 Å². The average molecular weight is 426 g/mol. The number of benzene rings is 2. The number of unbranched alkanes of at least 4 members (excludes halogenated alkanes) is 1. The van der Waals surface area contributed by atoms with Crippen molar-refractivity contribution in [2.24, 2.45) is 0 Å². The molecule has 8 heteroatoms. The molecule has 0 unspecified atom stereocenters. The summed E-state index contributed by atoms with van der Waals surface area (Å²) in [6, 6.07) is 13.4. The van der Waals surface area contributed by atoms with Crippen LogP contribution in [0.25, 0.3) is 11.5 Å². The molecular formula is C23H28FN5O2. The summed E-state index contributed by atoms with van der Waals surface area (Å²) in [5.41, 5.74) is 1.03. The summed E-state index contributed by atoms with van der Waals surface area (Å²) in [7, 11) is 0. The van der Waals surface area contributed by atoms with Gasteiger partial charge in [-0.2, -0.15) is 0 Å². The van der Waals surface area contributed by atoms with Crippen molar-refractivity contribution in [1.82, 2.24) is 15.1 Å². The maximum atomic E-state index is 14.6. The second-order valence-electron chi connectivity index (χ2n) is 7.09. The van der Waals surface area contributed by atoms with Crippen LogP contribution in [-0.4, -0.2) is 47.2 Å². The minimum Gasteiger partial charge on any atom is -0.403 e. The Morgan fingerprint density at radius 2 is 1.84 bits per heavy atom. The van der Waals surface area contributed by atoms with Crippen LogP contribution >= 0.6 is 0 Å². The molecule has 0 aliphatic heterocycles. The van der Waals surface area contributed by atoms with Gasteiger partial charge in [0, 0.05) is 17.8 Å². The number of hydrogen-bond acceptors (Lipinski definition) is 6. The number of nitrogens with one attached hydrogen (secondary N) is 2. The molecule has 0 aliphatic rings. The van der Waals surface area contributed by atoms with E-state index < -0.39 is 5.82 Å². The van der Waals surface area contributed by atoms with E-state index in [9.17, 15) is 9.18 Å². The summed E-state index contributed by atoms with van der Waals surface area (Å²) < 4.78 is 20.1. The van der Waals surface area contributed by atoms with Crippen molar-refractivity contribution in [3.05, 3.63) is 59.9 Å². The normalized spacial score (nSPS) is 11.0. The van der Waals surface area contributed by atoms with Crippen molar-refractivity contribution in [1.29, 1.82) is 0 Å². The Morgan fingerprint density at radius 1 is 1.06 bits per heavy atom. The second kappa shape index (κ2) is 11.2. The van der Waals surface area contributed by atoms with Crippen LogP contribution in [0, 0.1) is 5.82 Å². The molecule has 3 aromatic rings. The summed E-state index contributed by atoms with van der Waals surface area (Å²) >= 11 is 0. The van der Waals surface area contributed by atoms with E-state index in [0.29, 0.717) is 17.8 Å². The zero-order valence-electron chi connectivity index (χ0n) is 17.9. The van der Waals surface area contributed by atoms with Crippen molar-refractivity contribution >= 4 is 17.6 Å². The number of amides is 1. The summed E-state index contributed by atoms with van der Waals surface area (Å²) in [5.74, 6) is -0.776. The molecule has 0 spiro atoms. The highest BCUT2D eigenvalue weighted by Crippen LogP contribution is 2.25. The minimum absolute atomic E-state index is 0.0871. The molecule has 0 bridgehead atoms. The van der Waals surface area contributed by atoms with Gasteiger partial charge in [0.25, 0.3) is 11.8 Å². The van der Waals surface area contributed by atoms with Crippen LogP contribution in [-0.2, 0) is 0 Å². The smallest absolute Gasteiger partial charge is 0.315 e. The number of halogens is 1. The van der Waals surface area contributed by atoms with Gasteiger partial charge in [-0.3, -0.25) is 4.79 Å².